The monoisotopic (exact) mass is 248 g/mol. The molecule has 1 saturated heterocycles. The van der Waals surface area contributed by atoms with E-state index in [0.717, 1.165) is 25.3 Å². The Labute approximate surface area is 97.2 Å². The molecular weight excluding hydrogens is 228 g/mol. The lowest BCUT2D eigenvalue weighted by Gasteiger charge is -2.20. The van der Waals surface area contributed by atoms with Crippen molar-refractivity contribution in [3.63, 3.8) is 0 Å². The quantitative estimate of drug-likeness (QED) is 0.388. The Balaban J connectivity index is 2.25. The number of guanidine groups is 1. The molecule has 94 valence electrons. The minimum atomic E-state index is -3.09. The summed E-state index contributed by atoms with van der Waals surface area (Å²) in [7, 11) is -1.35. The fourth-order valence-electron chi connectivity index (χ4n) is 1.67. The fourth-order valence-corrected chi connectivity index (χ4v) is 2.14. The van der Waals surface area contributed by atoms with Crippen molar-refractivity contribution in [2.24, 2.45) is 4.99 Å². The number of nitrogens with zero attached hydrogens (tertiary/aromatic N) is 2. The first-order chi connectivity index (χ1) is 7.53. The maximum Gasteiger partial charge on any atom is 0.208 e. The molecule has 0 aliphatic carbocycles. The van der Waals surface area contributed by atoms with Crippen LogP contribution in [-0.2, 0) is 10.0 Å². The van der Waals surface area contributed by atoms with Gasteiger partial charge in [0.2, 0.25) is 10.0 Å². The molecule has 0 aromatic carbocycles. The number of rotatable bonds is 4. The highest BCUT2D eigenvalue weighted by atomic mass is 32.2. The molecule has 0 atom stereocenters. The Morgan fingerprint density at radius 1 is 1.31 bits per heavy atom. The van der Waals surface area contributed by atoms with Crippen molar-refractivity contribution >= 4 is 16.0 Å². The zero-order chi connectivity index (χ0) is 12.0. The van der Waals surface area contributed by atoms with Crippen LogP contribution < -0.4 is 10.0 Å². The average Bonchev–Trinajstić information content (AvgIpc) is 2.69. The molecule has 0 spiro atoms. The largest absolute Gasteiger partial charge is 0.355 e. The van der Waals surface area contributed by atoms with E-state index in [2.05, 4.69) is 19.9 Å². The highest BCUT2D eigenvalue weighted by Gasteiger charge is 2.14. The molecule has 0 unspecified atom stereocenters. The Kier molecular flexibility index (Phi) is 5.01. The summed E-state index contributed by atoms with van der Waals surface area (Å²) in [6.07, 6.45) is 3.55. The third-order valence-electron chi connectivity index (χ3n) is 2.39. The first kappa shape index (κ1) is 13.2. The molecule has 0 radical (unpaired) electrons. The van der Waals surface area contributed by atoms with Crippen molar-refractivity contribution in [2.45, 2.75) is 12.8 Å². The zero-order valence-corrected chi connectivity index (χ0v) is 10.7. The van der Waals surface area contributed by atoms with Crippen LogP contribution in [0.1, 0.15) is 12.8 Å². The summed E-state index contributed by atoms with van der Waals surface area (Å²) in [5, 5.41) is 3.13. The second-order valence-electron chi connectivity index (χ2n) is 3.83. The fraction of sp³-hybridized carbons (Fsp3) is 0.889. The Morgan fingerprint density at radius 2 is 1.94 bits per heavy atom. The van der Waals surface area contributed by atoms with Gasteiger partial charge in [-0.05, 0) is 12.8 Å². The summed E-state index contributed by atoms with van der Waals surface area (Å²) in [4.78, 5) is 6.34. The Hall–Kier alpha value is -0.820. The van der Waals surface area contributed by atoms with Gasteiger partial charge in [0.1, 0.15) is 0 Å². The van der Waals surface area contributed by atoms with Gasteiger partial charge in [0, 0.05) is 33.2 Å². The first-order valence-corrected chi connectivity index (χ1v) is 7.32. The van der Waals surface area contributed by atoms with Crippen LogP contribution in [0.3, 0.4) is 0 Å². The highest BCUT2D eigenvalue weighted by molar-refractivity contribution is 7.88. The molecule has 2 N–H and O–H groups in total. The second-order valence-corrected chi connectivity index (χ2v) is 5.67. The van der Waals surface area contributed by atoms with Gasteiger partial charge < -0.3 is 10.2 Å². The molecule has 1 aliphatic heterocycles. The predicted molar refractivity (Wildman–Crippen MR) is 65.0 cm³/mol. The van der Waals surface area contributed by atoms with Crippen molar-refractivity contribution in [3.8, 4) is 0 Å². The standard InChI is InChI=1S/C9H20N4O2S/c1-10-9(13-7-3-4-8-13)11-5-6-12-16(2,14)15/h12H,3-8H2,1-2H3,(H,10,11). The SMILES string of the molecule is CN=C(NCCNS(C)(=O)=O)N1CCCC1. The minimum absolute atomic E-state index is 0.381. The zero-order valence-electron chi connectivity index (χ0n) is 9.86. The Morgan fingerprint density at radius 3 is 2.44 bits per heavy atom. The number of sulfonamides is 1. The van der Waals surface area contributed by atoms with Gasteiger partial charge in [-0.15, -0.1) is 0 Å². The van der Waals surface area contributed by atoms with Gasteiger partial charge in [-0.25, -0.2) is 13.1 Å². The predicted octanol–water partition coefficient (Wildman–Crippen LogP) is -0.793. The van der Waals surface area contributed by atoms with Crippen molar-refractivity contribution in [3.05, 3.63) is 0 Å². The molecule has 1 heterocycles. The maximum atomic E-state index is 10.8. The van der Waals surface area contributed by atoms with Gasteiger partial charge >= 0.3 is 0 Å². The van der Waals surface area contributed by atoms with E-state index >= 15 is 0 Å². The van der Waals surface area contributed by atoms with Crippen molar-refractivity contribution in [2.75, 3.05) is 39.5 Å². The Bertz CT molecular complexity index is 333. The van der Waals surface area contributed by atoms with Crippen LogP contribution in [0.25, 0.3) is 0 Å². The van der Waals surface area contributed by atoms with Gasteiger partial charge in [-0.2, -0.15) is 0 Å². The van der Waals surface area contributed by atoms with Gasteiger partial charge in [-0.1, -0.05) is 0 Å². The molecule has 1 fully saturated rings. The van der Waals surface area contributed by atoms with E-state index in [1.54, 1.807) is 7.05 Å². The number of hydrogen-bond acceptors (Lipinski definition) is 3. The van der Waals surface area contributed by atoms with Crippen LogP contribution in [-0.4, -0.2) is 58.8 Å². The van der Waals surface area contributed by atoms with Crippen LogP contribution in [0.4, 0.5) is 0 Å². The van der Waals surface area contributed by atoms with Gasteiger partial charge in [-0.3, -0.25) is 4.99 Å². The summed E-state index contributed by atoms with van der Waals surface area (Å²) >= 11 is 0. The molecular formula is C9H20N4O2S. The molecule has 7 heteroatoms. The molecule has 0 bridgehead atoms. The van der Waals surface area contributed by atoms with E-state index in [4.69, 9.17) is 0 Å². The minimum Gasteiger partial charge on any atom is -0.355 e. The third kappa shape index (κ3) is 4.80. The first-order valence-electron chi connectivity index (χ1n) is 5.43. The molecule has 0 aromatic rings. The molecule has 1 rings (SSSR count). The summed E-state index contributed by atoms with van der Waals surface area (Å²) < 4.78 is 24.1. The number of nitrogens with one attached hydrogen (secondary N) is 2. The van der Waals surface area contributed by atoms with E-state index in [9.17, 15) is 8.42 Å². The lowest BCUT2D eigenvalue weighted by atomic mass is 10.4. The van der Waals surface area contributed by atoms with Crippen LogP contribution in [0, 0.1) is 0 Å². The molecule has 0 amide bonds. The smallest absolute Gasteiger partial charge is 0.208 e. The molecule has 0 saturated carbocycles. The summed E-state index contributed by atoms with van der Waals surface area (Å²) in [5.41, 5.74) is 0. The number of likely N-dealkylation sites (tertiary alicyclic amines) is 1. The normalized spacial score (nSPS) is 17.9. The third-order valence-corrected chi connectivity index (χ3v) is 3.12. The van der Waals surface area contributed by atoms with E-state index in [0.29, 0.717) is 13.1 Å². The van der Waals surface area contributed by atoms with Crippen molar-refractivity contribution in [1.82, 2.24) is 14.9 Å². The number of hydrogen-bond donors (Lipinski definition) is 2. The molecule has 16 heavy (non-hydrogen) atoms. The summed E-state index contributed by atoms with van der Waals surface area (Å²) in [5.74, 6) is 0.854. The second kappa shape index (κ2) is 6.05. The lowest BCUT2D eigenvalue weighted by molar-refractivity contribution is 0.493. The van der Waals surface area contributed by atoms with Gasteiger partial charge in [0.25, 0.3) is 0 Å². The average molecular weight is 248 g/mol. The van der Waals surface area contributed by atoms with Crippen LogP contribution in [0.5, 0.6) is 0 Å². The highest BCUT2D eigenvalue weighted by Crippen LogP contribution is 2.06. The lowest BCUT2D eigenvalue weighted by Crippen LogP contribution is -2.42. The van der Waals surface area contributed by atoms with E-state index in [1.165, 1.54) is 12.8 Å². The van der Waals surface area contributed by atoms with E-state index in [1.807, 2.05) is 0 Å². The maximum absolute atomic E-state index is 10.8. The van der Waals surface area contributed by atoms with Crippen molar-refractivity contribution < 1.29 is 8.42 Å². The van der Waals surface area contributed by atoms with Gasteiger partial charge in [0.05, 0.1) is 6.26 Å². The van der Waals surface area contributed by atoms with Crippen LogP contribution in [0.15, 0.2) is 4.99 Å². The van der Waals surface area contributed by atoms with Gasteiger partial charge in [0.15, 0.2) is 5.96 Å². The van der Waals surface area contributed by atoms with Crippen LogP contribution in [0.2, 0.25) is 0 Å². The summed E-state index contributed by atoms with van der Waals surface area (Å²) in [6, 6.07) is 0. The van der Waals surface area contributed by atoms with E-state index < -0.39 is 10.0 Å². The molecule has 6 nitrogen and oxygen atoms in total. The van der Waals surface area contributed by atoms with E-state index in [-0.39, 0.29) is 0 Å². The van der Waals surface area contributed by atoms with Crippen LogP contribution >= 0.6 is 0 Å². The van der Waals surface area contributed by atoms with Crippen molar-refractivity contribution in [1.29, 1.82) is 0 Å². The topological polar surface area (TPSA) is 73.8 Å². The number of aliphatic imine (C=N–C) groups is 1. The summed E-state index contributed by atoms with van der Waals surface area (Å²) in [6.45, 7) is 2.99. The molecule has 0 aromatic heterocycles. The molecule has 1 aliphatic rings.